The molecule has 0 N–H and O–H groups in total. The minimum Gasteiger partial charge on any atom is -0.453 e. The summed E-state index contributed by atoms with van der Waals surface area (Å²) in [6.07, 6.45) is 0.295. The molecule has 0 aliphatic heterocycles. The number of thiazole rings is 1. The van der Waals surface area contributed by atoms with Crippen molar-refractivity contribution in [2.75, 3.05) is 0 Å². The van der Waals surface area contributed by atoms with E-state index in [1.54, 1.807) is 11.3 Å². The number of nitrogens with zero attached hydrogens (tertiary/aromatic N) is 1. The van der Waals surface area contributed by atoms with Crippen molar-refractivity contribution < 1.29 is 9.21 Å². The Hall–Kier alpha value is -1.94. The van der Waals surface area contributed by atoms with E-state index < -0.39 is 0 Å². The fraction of sp³-hybridized carbons (Fsp3) is 0.200. The topological polar surface area (TPSA) is 43.1 Å². The summed E-state index contributed by atoms with van der Waals surface area (Å²) in [6, 6.07) is 7.70. The second kappa shape index (κ2) is 4.63. The van der Waals surface area contributed by atoms with Crippen molar-refractivity contribution in [2.45, 2.75) is 20.3 Å². The van der Waals surface area contributed by atoms with Crippen LogP contribution < -0.4 is 0 Å². The van der Waals surface area contributed by atoms with Gasteiger partial charge in [-0.1, -0.05) is 11.6 Å². The summed E-state index contributed by atoms with van der Waals surface area (Å²) in [5, 5.41) is 3.86. The predicted octanol–water partition coefficient (Wildman–Crippen LogP) is 3.93. The SMILES string of the molecule is Cc1ccc2oc(C(=O)Cc3csc(C)n3)cc2c1. The lowest BCUT2D eigenvalue weighted by molar-refractivity contribution is 0.0967. The Bertz CT molecular complexity index is 754. The number of aryl methyl sites for hydroxylation is 2. The molecule has 96 valence electrons. The number of Topliss-reactive ketones (excluding diaryl/α,β-unsaturated/α-hetero) is 1. The van der Waals surface area contributed by atoms with E-state index in [1.165, 1.54) is 0 Å². The molecule has 2 aromatic heterocycles. The van der Waals surface area contributed by atoms with Gasteiger partial charge in [-0.15, -0.1) is 11.3 Å². The Morgan fingerprint density at radius 3 is 2.89 bits per heavy atom. The van der Waals surface area contributed by atoms with Gasteiger partial charge in [0.15, 0.2) is 5.76 Å². The van der Waals surface area contributed by atoms with E-state index in [0.29, 0.717) is 12.2 Å². The van der Waals surface area contributed by atoms with E-state index in [0.717, 1.165) is 27.2 Å². The first-order valence-electron chi connectivity index (χ1n) is 6.06. The summed E-state index contributed by atoms with van der Waals surface area (Å²) < 4.78 is 5.59. The predicted molar refractivity (Wildman–Crippen MR) is 75.8 cm³/mol. The van der Waals surface area contributed by atoms with Crippen LogP contribution in [0.3, 0.4) is 0 Å². The van der Waals surface area contributed by atoms with Gasteiger partial charge in [-0.2, -0.15) is 0 Å². The third-order valence-electron chi connectivity index (χ3n) is 2.95. The Morgan fingerprint density at radius 2 is 2.16 bits per heavy atom. The zero-order chi connectivity index (χ0) is 13.4. The number of rotatable bonds is 3. The third-order valence-corrected chi connectivity index (χ3v) is 3.78. The highest BCUT2D eigenvalue weighted by Gasteiger charge is 2.14. The van der Waals surface area contributed by atoms with Gasteiger partial charge >= 0.3 is 0 Å². The number of ketones is 1. The lowest BCUT2D eigenvalue weighted by atomic mass is 10.1. The van der Waals surface area contributed by atoms with Crippen LogP contribution in [0.5, 0.6) is 0 Å². The first-order valence-corrected chi connectivity index (χ1v) is 6.94. The van der Waals surface area contributed by atoms with Crippen LogP contribution in [0.15, 0.2) is 34.1 Å². The van der Waals surface area contributed by atoms with E-state index in [2.05, 4.69) is 4.98 Å². The fourth-order valence-corrected chi connectivity index (χ4v) is 2.65. The number of fused-ring (bicyclic) bond motifs is 1. The molecule has 2 heterocycles. The average Bonchev–Trinajstić information content (AvgIpc) is 2.95. The van der Waals surface area contributed by atoms with Gasteiger partial charge in [0.05, 0.1) is 17.1 Å². The van der Waals surface area contributed by atoms with Gasteiger partial charge in [-0.25, -0.2) is 4.98 Å². The summed E-state index contributed by atoms with van der Waals surface area (Å²) in [5.74, 6) is 0.380. The molecule has 0 bridgehead atoms. The van der Waals surface area contributed by atoms with Gasteiger partial charge in [-0.05, 0) is 32.0 Å². The second-order valence-electron chi connectivity index (χ2n) is 4.61. The minimum atomic E-state index is -0.0286. The molecular weight excluding hydrogens is 258 g/mol. The monoisotopic (exact) mass is 271 g/mol. The van der Waals surface area contributed by atoms with Crippen LogP contribution >= 0.6 is 11.3 Å². The molecule has 0 radical (unpaired) electrons. The maximum atomic E-state index is 12.1. The Morgan fingerprint density at radius 1 is 1.32 bits per heavy atom. The maximum absolute atomic E-state index is 12.1. The van der Waals surface area contributed by atoms with Crippen molar-refractivity contribution in [1.29, 1.82) is 0 Å². The summed E-state index contributed by atoms with van der Waals surface area (Å²) in [7, 11) is 0. The summed E-state index contributed by atoms with van der Waals surface area (Å²) >= 11 is 1.55. The molecule has 0 spiro atoms. The van der Waals surface area contributed by atoms with E-state index in [1.807, 2.05) is 43.5 Å². The van der Waals surface area contributed by atoms with Gasteiger partial charge in [0.25, 0.3) is 0 Å². The Labute approximate surface area is 114 Å². The zero-order valence-corrected chi connectivity index (χ0v) is 11.6. The minimum absolute atomic E-state index is 0.0286. The molecule has 0 atom stereocenters. The van der Waals surface area contributed by atoms with Crippen LogP contribution in [-0.4, -0.2) is 10.8 Å². The molecule has 3 aromatic rings. The van der Waals surface area contributed by atoms with E-state index in [-0.39, 0.29) is 5.78 Å². The van der Waals surface area contributed by atoms with Crippen molar-refractivity contribution in [3.05, 3.63) is 51.7 Å². The second-order valence-corrected chi connectivity index (χ2v) is 5.67. The highest BCUT2D eigenvalue weighted by Crippen LogP contribution is 2.22. The third kappa shape index (κ3) is 2.44. The van der Waals surface area contributed by atoms with Crippen LogP contribution in [0.4, 0.5) is 0 Å². The first-order chi connectivity index (χ1) is 9.11. The number of carbonyl (C=O) groups is 1. The zero-order valence-electron chi connectivity index (χ0n) is 10.8. The number of hydrogen-bond donors (Lipinski definition) is 0. The van der Waals surface area contributed by atoms with Crippen molar-refractivity contribution in [2.24, 2.45) is 0 Å². The standard InChI is InChI=1S/C15H13NO2S/c1-9-3-4-14-11(5-9)6-15(18-14)13(17)7-12-8-19-10(2)16-12/h3-6,8H,7H2,1-2H3. The van der Waals surface area contributed by atoms with Crippen LogP contribution in [0.25, 0.3) is 11.0 Å². The van der Waals surface area contributed by atoms with Crippen LogP contribution in [0.2, 0.25) is 0 Å². The fourth-order valence-electron chi connectivity index (χ4n) is 2.04. The molecule has 0 fully saturated rings. The van der Waals surface area contributed by atoms with Gasteiger partial charge in [0.2, 0.25) is 5.78 Å². The maximum Gasteiger partial charge on any atom is 0.203 e. The van der Waals surface area contributed by atoms with Crippen LogP contribution in [0, 0.1) is 13.8 Å². The van der Waals surface area contributed by atoms with Crippen LogP contribution in [0.1, 0.15) is 26.8 Å². The molecule has 0 aliphatic rings. The molecule has 3 nitrogen and oxygen atoms in total. The summed E-state index contributed by atoms with van der Waals surface area (Å²) in [6.45, 7) is 3.95. The number of carbonyl (C=O) groups excluding carboxylic acids is 1. The lowest BCUT2D eigenvalue weighted by Crippen LogP contribution is -2.02. The van der Waals surface area contributed by atoms with Crippen molar-refractivity contribution in [1.82, 2.24) is 4.98 Å². The molecule has 0 saturated carbocycles. The normalized spacial score (nSPS) is 11.1. The first kappa shape index (κ1) is 12.1. The summed E-state index contributed by atoms with van der Waals surface area (Å²) in [5.41, 5.74) is 2.72. The molecule has 3 rings (SSSR count). The quantitative estimate of drug-likeness (QED) is 0.678. The van der Waals surface area contributed by atoms with Crippen molar-refractivity contribution in [3.63, 3.8) is 0 Å². The molecule has 19 heavy (non-hydrogen) atoms. The number of aromatic nitrogens is 1. The van der Waals surface area contributed by atoms with Crippen molar-refractivity contribution >= 4 is 28.1 Å². The number of hydrogen-bond acceptors (Lipinski definition) is 4. The largest absolute Gasteiger partial charge is 0.453 e. The lowest BCUT2D eigenvalue weighted by Gasteiger charge is -1.93. The summed E-state index contributed by atoms with van der Waals surface area (Å²) in [4.78, 5) is 16.4. The van der Waals surface area contributed by atoms with Gasteiger partial charge < -0.3 is 4.42 Å². The van der Waals surface area contributed by atoms with Gasteiger partial charge in [-0.3, -0.25) is 4.79 Å². The van der Waals surface area contributed by atoms with E-state index >= 15 is 0 Å². The molecule has 0 amide bonds. The Kier molecular flexibility index (Phi) is 2.95. The molecule has 0 aliphatic carbocycles. The Balaban J connectivity index is 1.89. The number of furan rings is 1. The smallest absolute Gasteiger partial charge is 0.203 e. The van der Waals surface area contributed by atoms with Gasteiger partial charge in [0.1, 0.15) is 5.58 Å². The molecule has 0 unspecified atom stereocenters. The molecule has 4 heteroatoms. The van der Waals surface area contributed by atoms with Crippen LogP contribution in [-0.2, 0) is 6.42 Å². The average molecular weight is 271 g/mol. The molecular formula is C15H13NO2S. The highest BCUT2D eigenvalue weighted by atomic mass is 32.1. The molecule has 1 aromatic carbocycles. The van der Waals surface area contributed by atoms with Crippen molar-refractivity contribution in [3.8, 4) is 0 Å². The molecule has 0 saturated heterocycles. The van der Waals surface area contributed by atoms with E-state index in [9.17, 15) is 4.79 Å². The van der Waals surface area contributed by atoms with E-state index in [4.69, 9.17) is 4.42 Å². The number of benzene rings is 1. The highest BCUT2D eigenvalue weighted by molar-refractivity contribution is 7.09. The van der Waals surface area contributed by atoms with Gasteiger partial charge in [0, 0.05) is 10.8 Å².